The third-order valence-corrected chi connectivity index (χ3v) is 10.1. The van der Waals surface area contributed by atoms with Crippen LogP contribution in [-0.2, 0) is 12.8 Å². The van der Waals surface area contributed by atoms with Crippen LogP contribution in [0, 0.1) is 13.8 Å². The molecule has 0 fully saturated rings. The van der Waals surface area contributed by atoms with E-state index in [0.29, 0.717) is 0 Å². The second-order valence-electron chi connectivity index (χ2n) is 13.1. The molecule has 0 saturated carbocycles. The zero-order valence-electron chi connectivity index (χ0n) is 29.6. The molecule has 0 heterocycles. The zero-order valence-corrected chi connectivity index (χ0v) is 30.4. The number of hydrogen-bond donors (Lipinski definition) is 0. The summed E-state index contributed by atoms with van der Waals surface area (Å²) >= 11 is 1.76. The summed E-state index contributed by atoms with van der Waals surface area (Å²) in [6.45, 7) is 8.97. The van der Waals surface area contributed by atoms with Gasteiger partial charge in [0.15, 0.2) is 0 Å². The summed E-state index contributed by atoms with van der Waals surface area (Å²) in [5.74, 6) is 3.75. The van der Waals surface area contributed by atoms with Gasteiger partial charge >= 0.3 is 0 Å². The maximum Gasteiger partial charge on any atom is 0.130 e. The van der Waals surface area contributed by atoms with E-state index >= 15 is 0 Å². The van der Waals surface area contributed by atoms with E-state index in [-0.39, 0.29) is 0 Å². The molecule has 0 radical (unpaired) electrons. The molecule has 0 amide bonds. The molecule has 0 spiro atoms. The molecule has 3 heteroatoms. The lowest BCUT2D eigenvalue weighted by atomic mass is 10.00. The summed E-state index contributed by atoms with van der Waals surface area (Å²) in [6, 6.07) is 29.8. The normalized spacial score (nSPS) is 11.1. The molecule has 47 heavy (non-hydrogen) atoms. The number of benzene rings is 4. The zero-order chi connectivity index (χ0) is 33.1. The van der Waals surface area contributed by atoms with Crippen molar-refractivity contribution in [2.24, 2.45) is 0 Å². The fourth-order valence-electron chi connectivity index (χ4n) is 6.24. The molecule has 0 aliphatic rings. The van der Waals surface area contributed by atoms with Gasteiger partial charge in [0.05, 0.1) is 0 Å². The van der Waals surface area contributed by atoms with Crippen LogP contribution < -0.4 is 9.47 Å². The summed E-state index contributed by atoms with van der Waals surface area (Å²) in [6.07, 6.45) is 20.7. The van der Waals surface area contributed by atoms with Crippen molar-refractivity contribution < 1.29 is 9.47 Å². The van der Waals surface area contributed by atoms with Crippen molar-refractivity contribution in [1.82, 2.24) is 0 Å². The Kier molecular flexibility index (Phi) is 16.3. The summed E-state index contributed by atoms with van der Waals surface area (Å²) in [7, 11) is 0. The largest absolute Gasteiger partial charge is 0.457 e. The Hall–Kier alpha value is -3.17. The summed E-state index contributed by atoms with van der Waals surface area (Å²) in [5, 5.41) is 0. The Labute approximate surface area is 290 Å². The van der Waals surface area contributed by atoms with Crippen LogP contribution in [0.1, 0.15) is 126 Å². The van der Waals surface area contributed by atoms with E-state index in [1.807, 2.05) is 0 Å². The number of aryl methyl sites for hydroxylation is 2. The van der Waals surface area contributed by atoms with Gasteiger partial charge < -0.3 is 9.47 Å². The Balaban J connectivity index is 1.28. The molecule has 252 valence electrons. The Bertz CT molecular complexity index is 1330. The van der Waals surface area contributed by atoms with Crippen LogP contribution in [-0.4, -0.2) is 0 Å². The summed E-state index contributed by atoms with van der Waals surface area (Å²) < 4.78 is 12.8. The van der Waals surface area contributed by atoms with Gasteiger partial charge in [-0.15, -0.1) is 0 Å². The van der Waals surface area contributed by atoms with Crippen LogP contribution in [0.2, 0.25) is 0 Å². The van der Waals surface area contributed by atoms with Crippen LogP contribution in [0.5, 0.6) is 23.0 Å². The van der Waals surface area contributed by atoms with Crippen molar-refractivity contribution in [1.29, 1.82) is 0 Å². The molecular formula is C44H58O2S. The van der Waals surface area contributed by atoms with Crippen LogP contribution in [0.3, 0.4) is 0 Å². The molecular weight excluding hydrogens is 593 g/mol. The first-order valence-electron chi connectivity index (χ1n) is 18.5. The molecule has 0 bridgehead atoms. The predicted octanol–water partition coefficient (Wildman–Crippen LogP) is 14.6. The van der Waals surface area contributed by atoms with Crippen molar-refractivity contribution in [3.05, 3.63) is 107 Å². The van der Waals surface area contributed by atoms with Crippen LogP contribution in [0.4, 0.5) is 0 Å². The van der Waals surface area contributed by atoms with E-state index in [4.69, 9.17) is 9.47 Å². The summed E-state index contributed by atoms with van der Waals surface area (Å²) in [4.78, 5) is 2.38. The van der Waals surface area contributed by atoms with E-state index < -0.39 is 0 Å². The van der Waals surface area contributed by atoms with Crippen LogP contribution in [0.25, 0.3) is 0 Å². The minimum Gasteiger partial charge on any atom is -0.457 e. The fraction of sp³-hybridized carbons (Fsp3) is 0.455. The molecule has 0 aliphatic heterocycles. The van der Waals surface area contributed by atoms with Crippen molar-refractivity contribution in [2.45, 2.75) is 140 Å². The third-order valence-electron chi connectivity index (χ3n) is 9.13. The van der Waals surface area contributed by atoms with Gasteiger partial charge in [-0.05, 0) is 122 Å². The Morgan fingerprint density at radius 3 is 1.17 bits per heavy atom. The first-order chi connectivity index (χ1) is 23.1. The first-order valence-corrected chi connectivity index (χ1v) is 19.3. The minimum absolute atomic E-state index is 0.884. The standard InChI is InChI=1S/C44H58O2S/c1-5-7-9-11-13-15-17-23-41-35(3)21-19-25-43(41)45-37-27-31-39(32-28-37)47-40-33-29-38(30-34-40)46-44-26-20-22-36(4)42(44)24-18-16-14-12-10-8-6-2/h19-22,25-34H,5-18,23-24H2,1-4H3. The Morgan fingerprint density at radius 2 is 0.787 bits per heavy atom. The maximum absolute atomic E-state index is 6.42. The molecule has 4 rings (SSSR count). The highest BCUT2D eigenvalue weighted by atomic mass is 32.2. The van der Waals surface area contributed by atoms with Crippen LogP contribution in [0.15, 0.2) is 94.7 Å². The van der Waals surface area contributed by atoms with E-state index in [1.165, 1.54) is 122 Å². The van der Waals surface area contributed by atoms with Gasteiger partial charge in [0, 0.05) is 9.79 Å². The number of ether oxygens (including phenoxy) is 2. The van der Waals surface area contributed by atoms with Crippen molar-refractivity contribution in [3.8, 4) is 23.0 Å². The average molecular weight is 651 g/mol. The van der Waals surface area contributed by atoms with E-state index in [2.05, 4.69) is 113 Å². The maximum atomic E-state index is 6.42. The highest BCUT2D eigenvalue weighted by Crippen LogP contribution is 2.35. The lowest BCUT2D eigenvalue weighted by Crippen LogP contribution is -1.96. The van der Waals surface area contributed by atoms with Gasteiger partial charge in [-0.1, -0.05) is 127 Å². The number of rotatable bonds is 22. The second kappa shape index (κ2) is 20.9. The SMILES string of the molecule is CCCCCCCCCc1c(C)cccc1Oc1ccc(Sc2ccc(Oc3cccc(C)c3CCCCCCCCC)cc2)cc1. The lowest BCUT2D eigenvalue weighted by molar-refractivity contribution is 0.472. The van der Waals surface area contributed by atoms with Crippen LogP contribution >= 0.6 is 11.8 Å². The van der Waals surface area contributed by atoms with E-state index in [9.17, 15) is 0 Å². The monoisotopic (exact) mass is 650 g/mol. The van der Waals surface area contributed by atoms with E-state index in [1.54, 1.807) is 11.8 Å². The molecule has 0 atom stereocenters. The van der Waals surface area contributed by atoms with Gasteiger partial charge in [-0.2, -0.15) is 0 Å². The predicted molar refractivity (Wildman–Crippen MR) is 203 cm³/mol. The van der Waals surface area contributed by atoms with E-state index in [0.717, 1.165) is 35.8 Å². The molecule has 0 aromatic heterocycles. The van der Waals surface area contributed by atoms with Crippen molar-refractivity contribution in [3.63, 3.8) is 0 Å². The number of hydrogen-bond acceptors (Lipinski definition) is 3. The number of unbranched alkanes of at least 4 members (excludes halogenated alkanes) is 12. The average Bonchev–Trinajstić information content (AvgIpc) is 3.08. The van der Waals surface area contributed by atoms with Gasteiger partial charge in [0.2, 0.25) is 0 Å². The van der Waals surface area contributed by atoms with Gasteiger partial charge in [0.1, 0.15) is 23.0 Å². The highest BCUT2D eigenvalue weighted by molar-refractivity contribution is 7.99. The molecule has 0 N–H and O–H groups in total. The molecule has 4 aromatic carbocycles. The third kappa shape index (κ3) is 12.8. The minimum atomic E-state index is 0.884. The lowest BCUT2D eigenvalue weighted by Gasteiger charge is -2.14. The van der Waals surface area contributed by atoms with Gasteiger partial charge in [-0.25, -0.2) is 0 Å². The first kappa shape index (κ1) is 36.7. The molecule has 2 nitrogen and oxygen atoms in total. The highest BCUT2D eigenvalue weighted by Gasteiger charge is 2.10. The molecule has 0 aliphatic carbocycles. The van der Waals surface area contributed by atoms with Crippen molar-refractivity contribution >= 4 is 11.8 Å². The molecule has 0 unspecified atom stereocenters. The summed E-state index contributed by atoms with van der Waals surface area (Å²) in [5.41, 5.74) is 5.33. The van der Waals surface area contributed by atoms with Gasteiger partial charge in [0.25, 0.3) is 0 Å². The van der Waals surface area contributed by atoms with Crippen molar-refractivity contribution in [2.75, 3.05) is 0 Å². The topological polar surface area (TPSA) is 18.5 Å². The molecule has 0 saturated heterocycles. The second-order valence-corrected chi connectivity index (χ2v) is 14.2. The Morgan fingerprint density at radius 1 is 0.426 bits per heavy atom. The smallest absolute Gasteiger partial charge is 0.130 e. The molecule has 4 aromatic rings. The fourth-order valence-corrected chi connectivity index (χ4v) is 7.06. The van der Waals surface area contributed by atoms with Gasteiger partial charge in [-0.3, -0.25) is 0 Å². The quantitative estimate of drug-likeness (QED) is 0.0789.